The zero-order valence-corrected chi connectivity index (χ0v) is 26.5. The molecule has 236 valence electrons. The number of nitrogens with zero attached hydrogens (tertiary/aromatic N) is 1. The second kappa shape index (κ2) is 10.4. The Morgan fingerprint density at radius 1 is 1.16 bits per heavy atom. The van der Waals surface area contributed by atoms with Crippen molar-refractivity contribution in [3.63, 3.8) is 0 Å². The number of likely N-dealkylation sites (N-methyl/N-ethyl adjacent to an activating group) is 1. The zero-order valence-electron chi connectivity index (χ0n) is 26.5. The van der Waals surface area contributed by atoms with Gasteiger partial charge >= 0.3 is 5.97 Å². The van der Waals surface area contributed by atoms with Crippen molar-refractivity contribution in [3.8, 4) is 0 Å². The standard InChI is InChI=1S/C34H47NO8/c1-19(2)43-33-18-39-23(33)14-15-32(6)27(33)29(42-30(37)21-12-10-9-11-13-21)34(38)16-22(36)20(3)25(31(34,4)5)26-28(32)41-24(40-26)17-35(7)8/h9-13,22-24,26-29,36,38H,1,14-18H2,2-8H3/t22-,23?,24+,26+,27-,28+,29-,32+,33-,34+/m0/s1. The fraction of sp³-hybridized carbons (Fsp3) is 0.676. The molecule has 2 bridgehead atoms. The van der Waals surface area contributed by atoms with Gasteiger partial charge in [0.15, 0.2) is 11.9 Å². The van der Waals surface area contributed by atoms with Gasteiger partial charge in [-0.2, -0.15) is 0 Å². The van der Waals surface area contributed by atoms with E-state index in [-0.39, 0.29) is 19.1 Å². The number of ether oxygens (including phenoxy) is 5. The minimum atomic E-state index is -1.69. The lowest BCUT2D eigenvalue weighted by atomic mass is 9.45. The minimum Gasteiger partial charge on any atom is -0.487 e. The molecule has 0 amide bonds. The Kier molecular flexibility index (Phi) is 7.43. The monoisotopic (exact) mass is 597 g/mol. The highest BCUT2D eigenvalue weighted by molar-refractivity contribution is 5.89. The molecule has 1 aromatic rings. The number of aliphatic hydroxyl groups is 2. The Morgan fingerprint density at radius 2 is 1.86 bits per heavy atom. The molecule has 1 aromatic carbocycles. The van der Waals surface area contributed by atoms with Crippen LogP contribution in [0.3, 0.4) is 0 Å². The van der Waals surface area contributed by atoms with Crippen LogP contribution in [0.1, 0.15) is 64.2 Å². The highest BCUT2D eigenvalue weighted by atomic mass is 16.7. The van der Waals surface area contributed by atoms with Crippen molar-refractivity contribution in [3.05, 3.63) is 59.4 Å². The third-order valence-electron chi connectivity index (χ3n) is 11.1. The average molecular weight is 598 g/mol. The lowest BCUT2D eigenvalue weighted by molar-refractivity contribution is -0.347. The van der Waals surface area contributed by atoms with Gasteiger partial charge < -0.3 is 38.8 Å². The van der Waals surface area contributed by atoms with Gasteiger partial charge in [-0.1, -0.05) is 45.5 Å². The molecular weight excluding hydrogens is 550 g/mol. The summed E-state index contributed by atoms with van der Waals surface area (Å²) in [5.74, 6) is -0.606. The maximum Gasteiger partial charge on any atom is 0.338 e. The highest BCUT2D eigenvalue weighted by Gasteiger charge is 2.76. The van der Waals surface area contributed by atoms with Crippen LogP contribution in [-0.4, -0.2) is 96.3 Å². The minimum absolute atomic E-state index is 0.0112. The first-order valence-electron chi connectivity index (χ1n) is 15.4. The number of allylic oxidation sites excluding steroid dienone is 1. The summed E-state index contributed by atoms with van der Waals surface area (Å²) in [4.78, 5) is 15.9. The molecule has 9 heteroatoms. The van der Waals surface area contributed by atoms with Gasteiger partial charge in [-0.3, -0.25) is 0 Å². The average Bonchev–Trinajstić information content (AvgIpc) is 3.32. The number of hydrogen-bond acceptors (Lipinski definition) is 9. The molecule has 5 aliphatic rings. The topological polar surface area (TPSA) is 107 Å². The first-order chi connectivity index (χ1) is 20.2. The van der Waals surface area contributed by atoms with Gasteiger partial charge in [-0.25, -0.2) is 4.79 Å². The summed E-state index contributed by atoms with van der Waals surface area (Å²) in [6.45, 7) is 14.7. The van der Waals surface area contributed by atoms with Gasteiger partial charge in [0.05, 0.1) is 36.1 Å². The van der Waals surface area contributed by atoms with Gasteiger partial charge in [0.25, 0.3) is 0 Å². The second-order valence-corrected chi connectivity index (χ2v) is 14.4. The number of carbonyl (C=O) groups is 1. The van der Waals surface area contributed by atoms with Crippen LogP contribution in [-0.2, 0) is 23.7 Å². The Labute approximate surface area is 254 Å². The summed E-state index contributed by atoms with van der Waals surface area (Å²) in [5.41, 5.74) is -2.31. The second-order valence-electron chi connectivity index (χ2n) is 14.4. The first-order valence-corrected chi connectivity index (χ1v) is 15.4. The van der Waals surface area contributed by atoms with E-state index in [1.807, 2.05) is 52.8 Å². The molecule has 3 aliphatic carbocycles. The number of carbonyl (C=O) groups excluding carboxylic acids is 1. The Hall–Kier alpha value is -2.27. The van der Waals surface area contributed by atoms with Crippen molar-refractivity contribution in [1.82, 2.24) is 4.90 Å². The van der Waals surface area contributed by atoms with Crippen molar-refractivity contribution < 1.29 is 38.7 Å². The molecule has 2 heterocycles. The summed E-state index contributed by atoms with van der Waals surface area (Å²) in [7, 11) is 3.95. The molecule has 2 saturated carbocycles. The molecule has 43 heavy (non-hydrogen) atoms. The Morgan fingerprint density at radius 3 is 2.47 bits per heavy atom. The normalized spacial score (nSPS) is 43.0. The number of fused-ring (bicyclic) bond motifs is 8. The van der Waals surface area contributed by atoms with Crippen LogP contribution in [0.25, 0.3) is 0 Å². The fourth-order valence-corrected chi connectivity index (χ4v) is 9.01. The predicted molar refractivity (Wildman–Crippen MR) is 159 cm³/mol. The van der Waals surface area contributed by atoms with Crippen LogP contribution in [0.4, 0.5) is 0 Å². The lowest BCUT2D eigenvalue weighted by Gasteiger charge is -2.68. The van der Waals surface area contributed by atoms with Crippen molar-refractivity contribution >= 4 is 5.97 Å². The van der Waals surface area contributed by atoms with Gasteiger partial charge in [0, 0.05) is 23.8 Å². The van der Waals surface area contributed by atoms with E-state index in [0.29, 0.717) is 30.7 Å². The van der Waals surface area contributed by atoms with Crippen LogP contribution in [0.5, 0.6) is 0 Å². The van der Waals surface area contributed by atoms with E-state index in [4.69, 9.17) is 23.7 Å². The van der Waals surface area contributed by atoms with Crippen molar-refractivity contribution in [2.24, 2.45) is 16.7 Å². The van der Waals surface area contributed by atoms with Gasteiger partial charge in [0.1, 0.15) is 23.9 Å². The number of esters is 1. The summed E-state index contributed by atoms with van der Waals surface area (Å²) in [6, 6.07) is 8.82. The maximum absolute atomic E-state index is 13.9. The number of aliphatic hydroxyl groups excluding tert-OH is 1. The summed E-state index contributed by atoms with van der Waals surface area (Å²) < 4.78 is 33.0. The van der Waals surface area contributed by atoms with Crippen LogP contribution < -0.4 is 0 Å². The first kappa shape index (κ1) is 30.7. The molecule has 2 N–H and O–H groups in total. The smallest absolute Gasteiger partial charge is 0.338 e. The quantitative estimate of drug-likeness (QED) is 0.287. The number of benzene rings is 1. The van der Waals surface area contributed by atoms with Crippen molar-refractivity contribution in [2.75, 3.05) is 27.2 Å². The molecule has 2 saturated heterocycles. The molecule has 0 radical (unpaired) electrons. The molecule has 1 unspecified atom stereocenters. The van der Waals surface area contributed by atoms with E-state index in [2.05, 4.69) is 13.5 Å². The van der Waals surface area contributed by atoms with E-state index in [1.54, 1.807) is 24.3 Å². The summed E-state index contributed by atoms with van der Waals surface area (Å²) in [5, 5.41) is 24.7. The fourth-order valence-electron chi connectivity index (χ4n) is 9.01. The third kappa shape index (κ3) is 4.45. The number of rotatable bonds is 6. The molecule has 0 spiro atoms. The zero-order chi connectivity index (χ0) is 31.1. The van der Waals surface area contributed by atoms with Crippen LogP contribution in [0.2, 0.25) is 0 Å². The van der Waals surface area contributed by atoms with Crippen molar-refractivity contribution in [1.29, 1.82) is 0 Å². The third-order valence-corrected chi connectivity index (χ3v) is 11.1. The van der Waals surface area contributed by atoms with Gasteiger partial charge in [-0.05, 0) is 64.1 Å². The molecule has 9 nitrogen and oxygen atoms in total. The molecular formula is C34H47NO8. The Balaban J connectivity index is 1.60. The molecule has 0 aromatic heterocycles. The van der Waals surface area contributed by atoms with E-state index in [9.17, 15) is 15.0 Å². The van der Waals surface area contributed by atoms with Crippen molar-refractivity contribution in [2.45, 2.75) is 102 Å². The lowest BCUT2D eigenvalue weighted by Crippen LogP contribution is -2.79. The maximum atomic E-state index is 13.9. The van der Waals surface area contributed by atoms with E-state index < -0.39 is 64.6 Å². The van der Waals surface area contributed by atoms with Gasteiger partial charge in [0.2, 0.25) is 0 Å². The molecule has 4 fully saturated rings. The molecule has 6 rings (SSSR count). The van der Waals surface area contributed by atoms with E-state index >= 15 is 0 Å². The van der Waals surface area contributed by atoms with E-state index in [1.165, 1.54) is 0 Å². The van der Waals surface area contributed by atoms with Crippen LogP contribution in [0, 0.1) is 16.7 Å². The Bertz CT molecular complexity index is 1310. The van der Waals surface area contributed by atoms with Crippen LogP contribution >= 0.6 is 0 Å². The summed E-state index contributed by atoms with van der Waals surface area (Å²) in [6.07, 6.45) is -2.49. The van der Waals surface area contributed by atoms with Crippen LogP contribution in [0.15, 0.2) is 53.8 Å². The SMILES string of the molecule is C=C(C)O[C@@]12COC1CC[C@@]1(C)[C@@H]3O[C@H](CN(C)C)O[C@@H]3C3=C(C)[C@@H](O)C[C@@](O)([C@@H](OC(=O)c4ccccc4)[C@@H]12)C3(C)C. The highest BCUT2D eigenvalue weighted by Crippen LogP contribution is 2.66. The van der Waals surface area contributed by atoms with E-state index in [0.717, 1.165) is 11.1 Å². The van der Waals surface area contributed by atoms with Gasteiger partial charge in [-0.15, -0.1) is 0 Å². The predicted octanol–water partition coefficient (Wildman–Crippen LogP) is 3.84. The summed E-state index contributed by atoms with van der Waals surface area (Å²) >= 11 is 0. The largest absolute Gasteiger partial charge is 0.487 e. The molecule has 10 atom stereocenters. The number of hydrogen-bond donors (Lipinski definition) is 2. The molecule has 2 aliphatic heterocycles.